The molecular weight excluding hydrogens is 340 g/mol. The highest BCUT2D eigenvalue weighted by Gasteiger charge is 2.51. The minimum atomic E-state index is -0.835. The Morgan fingerprint density at radius 3 is 2.59 bits per heavy atom. The van der Waals surface area contributed by atoms with Crippen LogP contribution in [0, 0.1) is 13.8 Å². The molecule has 0 amide bonds. The van der Waals surface area contributed by atoms with Crippen LogP contribution in [0.2, 0.25) is 0 Å². The smallest absolute Gasteiger partial charge is 0.180 e. The maximum absolute atomic E-state index is 11.4. The number of rotatable bonds is 4. The van der Waals surface area contributed by atoms with E-state index in [2.05, 4.69) is 0 Å². The minimum absolute atomic E-state index is 0.503. The third-order valence-electron chi connectivity index (χ3n) is 5.75. The summed E-state index contributed by atoms with van der Waals surface area (Å²) in [5.74, 6) is 0.697. The monoisotopic (exact) mass is 366 g/mol. The molecule has 4 rings (SSSR count). The Bertz CT molecular complexity index is 967. The molecular formula is C22H26N2O3. The lowest BCUT2D eigenvalue weighted by molar-refractivity contribution is -0.175. The van der Waals surface area contributed by atoms with Gasteiger partial charge in [-0.05, 0) is 38.8 Å². The van der Waals surface area contributed by atoms with Crippen LogP contribution < -0.4 is 4.74 Å². The predicted octanol–water partition coefficient (Wildman–Crippen LogP) is 4.09. The summed E-state index contributed by atoms with van der Waals surface area (Å²) in [7, 11) is 0. The van der Waals surface area contributed by atoms with Crippen LogP contribution in [0.1, 0.15) is 48.9 Å². The van der Waals surface area contributed by atoms with E-state index in [9.17, 15) is 5.11 Å². The van der Waals surface area contributed by atoms with Gasteiger partial charge in [-0.3, -0.25) is 0 Å². The van der Waals surface area contributed by atoms with Crippen molar-refractivity contribution in [2.75, 3.05) is 6.61 Å². The molecule has 0 saturated carbocycles. The predicted molar refractivity (Wildman–Crippen MR) is 104 cm³/mol. The van der Waals surface area contributed by atoms with Crippen molar-refractivity contribution in [1.29, 1.82) is 0 Å². The number of nitrogens with zero attached hydrogens (tertiary/aromatic N) is 2. The lowest BCUT2D eigenvalue weighted by Gasteiger charge is -2.45. The quantitative estimate of drug-likeness (QED) is 0.756. The molecule has 3 heterocycles. The summed E-state index contributed by atoms with van der Waals surface area (Å²) < 4.78 is 14.7. The second-order valence-corrected chi connectivity index (χ2v) is 7.10. The Labute approximate surface area is 159 Å². The number of aromatic nitrogens is 2. The van der Waals surface area contributed by atoms with Gasteiger partial charge in [0.05, 0.1) is 5.69 Å². The molecule has 5 nitrogen and oxygen atoms in total. The third kappa shape index (κ3) is 2.57. The molecule has 2 aromatic heterocycles. The standard InChI is InChI=1S/C22H26N2O3/c1-5-22(26-6-2)17-12-13-24-15(4)14(3)23-21(24)19(17)27-18(20(22)25)16-10-8-7-9-11-16/h7-13,18,20,25H,5-6H2,1-4H3/t18-,20?,22?/m1/s1. The van der Waals surface area contributed by atoms with Gasteiger partial charge < -0.3 is 19.0 Å². The topological polar surface area (TPSA) is 56.0 Å². The van der Waals surface area contributed by atoms with Crippen LogP contribution in [0.5, 0.6) is 5.75 Å². The fourth-order valence-electron chi connectivity index (χ4n) is 4.17. The van der Waals surface area contributed by atoms with Gasteiger partial charge in [0, 0.05) is 24.1 Å². The van der Waals surface area contributed by atoms with Crippen molar-refractivity contribution in [3.63, 3.8) is 0 Å². The van der Waals surface area contributed by atoms with E-state index in [1.807, 2.05) is 74.7 Å². The average Bonchev–Trinajstić information content (AvgIpc) is 2.99. The van der Waals surface area contributed by atoms with Gasteiger partial charge >= 0.3 is 0 Å². The zero-order valence-electron chi connectivity index (χ0n) is 16.3. The zero-order valence-corrected chi connectivity index (χ0v) is 16.3. The summed E-state index contributed by atoms with van der Waals surface area (Å²) >= 11 is 0. The van der Waals surface area contributed by atoms with Crippen LogP contribution in [0.15, 0.2) is 42.6 Å². The second kappa shape index (κ2) is 6.66. The number of fused-ring (bicyclic) bond motifs is 3. The van der Waals surface area contributed by atoms with E-state index >= 15 is 0 Å². The number of hydrogen-bond acceptors (Lipinski definition) is 4. The van der Waals surface area contributed by atoms with Crippen LogP contribution in [-0.4, -0.2) is 27.2 Å². The van der Waals surface area contributed by atoms with Gasteiger partial charge in [-0.1, -0.05) is 37.3 Å². The zero-order chi connectivity index (χ0) is 19.2. The molecule has 1 N–H and O–H groups in total. The summed E-state index contributed by atoms with van der Waals surface area (Å²) in [5, 5.41) is 11.4. The molecule has 27 heavy (non-hydrogen) atoms. The van der Waals surface area contributed by atoms with Crippen LogP contribution in [0.4, 0.5) is 0 Å². The maximum atomic E-state index is 11.4. The largest absolute Gasteiger partial charge is 0.479 e. The number of aryl methyl sites for hydroxylation is 2. The van der Waals surface area contributed by atoms with Crippen molar-refractivity contribution in [1.82, 2.24) is 9.38 Å². The van der Waals surface area contributed by atoms with Crippen molar-refractivity contribution in [3.05, 3.63) is 65.1 Å². The fourth-order valence-corrected chi connectivity index (χ4v) is 4.17. The van der Waals surface area contributed by atoms with Crippen LogP contribution in [0.25, 0.3) is 5.65 Å². The number of aliphatic hydroxyl groups is 1. The normalized spacial score (nSPS) is 24.6. The van der Waals surface area contributed by atoms with Crippen molar-refractivity contribution in [3.8, 4) is 5.75 Å². The summed E-state index contributed by atoms with van der Waals surface area (Å²) in [5.41, 5.74) is 3.77. The molecule has 2 unspecified atom stereocenters. The first kappa shape index (κ1) is 18.0. The molecule has 1 aliphatic heterocycles. The molecule has 0 bridgehead atoms. The van der Waals surface area contributed by atoms with E-state index in [-0.39, 0.29) is 0 Å². The number of benzene rings is 1. The Kier molecular flexibility index (Phi) is 4.44. The molecule has 0 spiro atoms. The number of aliphatic hydroxyl groups excluding tert-OH is 1. The van der Waals surface area contributed by atoms with E-state index < -0.39 is 17.8 Å². The lowest BCUT2D eigenvalue weighted by atomic mass is 9.79. The molecule has 142 valence electrons. The van der Waals surface area contributed by atoms with Crippen molar-refractivity contribution < 1.29 is 14.6 Å². The van der Waals surface area contributed by atoms with Crippen molar-refractivity contribution in [2.24, 2.45) is 0 Å². The SMILES string of the molecule is CCOC1(CC)c2ccn3c(C)c(C)nc3c2O[C@H](c2ccccc2)C1O. The van der Waals surface area contributed by atoms with Gasteiger partial charge in [-0.25, -0.2) is 4.98 Å². The van der Waals surface area contributed by atoms with E-state index in [4.69, 9.17) is 14.5 Å². The number of pyridine rings is 1. The third-order valence-corrected chi connectivity index (χ3v) is 5.75. The van der Waals surface area contributed by atoms with Crippen molar-refractivity contribution >= 4 is 5.65 Å². The summed E-state index contributed by atoms with van der Waals surface area (Å²) in [6, 6.07) is 11.8. The van der Waals surface area contributed by atoms with Gasteiger partial charge in [0.1, 0.15) is 11.7 Å². The summed E-state index contributed by atoms with van der Waals surface area (Å²) in [4.78, 5) is 4.74. The van der Waals surface area contributed by atoms with Gasteiger partial charge in [0.25, 0.3) is 0 Å². The highest BCUT2D eigenvalue weighted by molar-refractivity contribution is 5.63. The molecule has 0 radical (unpaired) electrons. The highest BCUT2D eigenvalue weighted by Crippen LogP contribution is 2.50. The molecule has 3 aromatic rings. The van der Waals surface area contributed by atoms with E-state index in [1.165, 1.54) is 0 Å². The molecule has 0 fully saturated rings. The molecule has 0 aliphatic carbocycles. The van der Waals surface area contributed by atoms with E-state index in [0.717, 1.165) is 28.2 Å². The molecule has 1 aromatic carbocycles. The first-order chi connectivity index (χ1) is 13.0. The minimum Gasteiger partial charge on any atom is -0.479 e. The van der Waals surface area contributed by atoms with Gasteiger partial charge in [-0.2, -0.15) is 0 Å². The van der Waals surface area contributed by atoms with Crippen molar-refractivity contribution in [2.45, 2.75) is 51.9 Å². The van der Waals surface area contributed by atoms with Crippen LogP contribution >= 0.6 is 0 Å². The highest BCUT2D eigenvalue weighted by atomic mass is 16.5. The van der Waals surface area contributed by atoms with Gasteiger partial charge in [-0.15, -0.1) is 0 Å². The number of hydrogen-bond donors (Lipinski definition) is 1. The van der Waals surface area contributed by atoms with Gasteiger partial charge in [0.15, 0.2) is 17.5 Å². The average molecular weight is 366 g/mol. The summed E-state index contributed by atoms with van der Waals surface area (Å²) in [6.45, 7) is 8.55. The van der Waals surface area contributed by atoms with Crippen LogP contribution in [0.3, 0.4) is 0 Å². The maximum Gasteiger partial charge on any atom is 0.180 e. The Hall–Kier alpha value is -2.37. The summed E-state index contributed by atoms with van der Waals surface area (Å²) in [6.07, 6.45) is 1.29. The van der Waals surface area contributed by atoms with E-state index in [1.54, 1.807) is 0 Å². The Morgan fingerprint density at radius 2 is 1.93 bits per heavy atom. The Morgan fingerprint density at radius 1 is 1.19 bits per heavy atom. The molecule has 3 atom stereocenters. The first-order valence-corrected chi connectivity index (χ1v) is 9.55. The second-order valence-electron chi connectivity index (χ2n) is 7.10. The molecule has 0 saturated heterocycles. The Balaban J connectivity index is 1.99. The van der Waals surface area contributed by atoms with Crippen LogP contribution in [-0.2, 0) is 10.3 Å². The molecule has 1 aliphatic rings. The fraction of sp³-hybridized carbons (Fsp3) is 0.409. The number of ether oxygens (including phenoxy) is 2. The first-order valence-electron chi connectivity index (χ1n) is 9.55. The van der Waals surface area contributed by atoms with E-state index in [0.29, 0.717) is 18.8 Å². The lowest BCUT2D eigenvalue weighted by Crippen LogP contribution is -2.50. The van der Waals surface area contributed by atoms with Gasteiger partial charge in [0.2, 0.25) is 0 Å². The number of imidazole rings is 1. The molecule has 5 heteroatoms.